The molecule has 0 atom stereocenters. The fourth-order valence-electron chi connectivity index (χ4n) is 2.96. The van der Waals surface area contributed by atoms with Gasteiger partial charge in [0.25, 0.3) is 5.91 Å². The minimum absolute atomic E-state index is 0.0676. The smallest absolute Gasteiger partial charge is 0.416 e. The van der Waals surface area contributed by atoms with E-state index in [2.05, 4.69) is 11.9 Å². The predicted octanol–water partition coefficient (Wildman–Crippen LogP) is 5.97. The summed E-state index contributed by atoms with van der Waals surface area (Å²) in [6.45, 7) is 3.83. The number of anilines is 1. The van der Waals surface area contributed by atoms with Crippen LogP contribution >= 0.6 is 0 Å². The summed E-state index contributed by atoms with van der Waals surface area (Å²) >= 11 is 0. The molecule has 0 fully saturated rings. The van der Waals surface area contributed by atoms with E-state index in [9.17, 15) is 23.2 Å². The Labute approximate surface area is 176 Å². The Kier molecular flexibility index (Phi) is 6.41. The number of fused-ring (bicyclic) bond motifs is 1. The summed E-state index contributed by atoms with van der Waals surface area (Å²) in [5.41, 5.74) is -0.739. The first-order valence-corrected chi connectivity index (χ1v) is 9.19. The van der Waals surface area contributed by atoms with Crippen LogP contribution in [0.5, 0.6) is 5.75 Å². The van der Waals surface area contributed by atoms with Crippen LogP contribution in [0, 0.1) is 11.3 Å². The lowest BCUT2D eigenvalue weighted by atomic mass is 10.0. The molecule has 7 heteroatoms. The number of halogens is 3. The van der Waals surface area contributed by atoms with Gasteiger partial charge in [-0.1, -0.05) is 49.1 Å². The first-order valence-electron chi connectivity index (χ1n) is 9.19. The van der Waals surface area contributed by atoms with Crippen LogP contribution < -0.4 is 10.1 Å². The van der Waals surface area contributed by atoms with Gasteiger partial charge in [0.05, 0.1) is 5.56 Å². The van der Waals surface area contributed by atoms with Crippen molar-refractivity contribution in [3.63, 3.8) is 0 Å². The van der Waals surface area contributed by atoms with Crippen molar-refractivity contribution < 1.29 is 22.7 Å². The third kappa shape index (κ3) is 5.11. The molecule has 0 aliphatic carbocycles. The third-order valence-corrected chi connectivity index (χ3v) is 4.39. The highest BCUT2D eigenvalue weighted by molar-refractivity contribution is 6.11. The highest BCUT2D eigenvalue weighted by Gasteiger charge is 2.30. The number of alkyl halides is 3. The number of ether oxygens (including phenoxy) is 1. The first kappa shape index (κ1) is 21.7. The average Bonchev–Trinajstić information content (AvgIpc) is 2.75. The van der Waals surface area contributed by atoms with E-state index in [4.69, 9.17) is 4.74 Å². The van der Waals surface area contributed by atoms with E-state index in [0.717, 1.165) is 22.9 Å². The minimum atomic E-state index is -4.55. The number of amides is 1. The van der Waals surface area contributed by atoms with Gasteiger partial charge in [-0.25, -0.2) is 0 Å². The van der Waals surface area contributed by atoms with Crippen LogP contribution in [0.4, 0.5) is 18.9 Å². The second-order valence-electron chi connectivity index (χ2n) is 6.50. The standard InChI is InChI=1S/C24H17F3N2O2/c1-2-12-31-22-11-10-16-6-3-4-9-20(16)21(22)13-17(15-28)23(30)29-19-8-5-7-18(14-19)24(25,26)27/h2-11,13-14H,1,12H2,(H,29,30)/b17-13+. The van der Waals surface area contributed by atoms with E-state index in [0.29, 0.717) is 11.3 Å². The molecule has 0 saturated carbocycles. The van der Waals surface area contributed by atoms with Gasteiger partial charge in [0.15, 0.2) is 0 Å². The van der Waals surface area contributed by atoms with Gasteiger partial charge in [0, 0.05) is 11.3 Å². The van der Waals surface area contributed by atoms with Gasteiger partial charge in [-0.3, -0.25) is 4.79 Å². The Balaban J connectivity index is 2.00. The zero-order valence-corrected chi connectivity index (χ0v) is 16.2. The number of rotatable bonds is 6. The van der Waals surface area contributed by atoms with Gasteiger partial charge >= 0.3 is 6.18 Å². The second kappa shape index (κ2) is 9.18. The lowest BCUT2D eigenvalue weighted by Gasteiger charge is -2.12. The largest absolute Gasteiger partial charge is 0.489 e. The molecule has 1 N–H and O–H groups in total. The fourth-order valence-corrected chi connectivity index (χ4v) is 2.96. The summed E-state index contributed by atoms with van der Waals surface area (Å²) < 4.78 is 44.4. The lowest BCUT2D eigenvalue weighted by Crippen LogP contribution is -2.14. The number of nitriles is 1. The number of nitrogens with zero attached hydrogens (tertiary/aromatic N) is 1. The Morgan fingerprint density at radius 2 is 1.90 bits per heavy atom. The van der Waals surface area contributed by atoms with E-state index >= 15 is 0 Å². The summed E-state index contributed by atoms with van der Waals surface area (Å²) in [6.07, 6.45) is -1.62. The molecule has 0 unspecified atom stereocenters. The van der Waals surface area contributed by atoms with E-state index in [1.165, 1.54) is 18.2 Å². The molecule has 0 aliphatic heterocycles. The normalized spacial score (nSPS) is 11.6. The molecule has 3 aromatic rings. The van der Waals surface area contributed by atoms with Crippen molar-refractivity contribution in [3.05, 3.63) is 90.0 Å². The summed E-state index contributed by atoms with van der Waals surface area (Å²) in [7, 11) is 0. The number of hydrogen-bond donors (Lipinski definition) is 1. The molecule has 0 radical (unpaired) electrons. The van der Waals surface area contributed by atoms with Crippen molar-refractivity contribution in [1.82, 2.24) is 0 Å². The van der Waals surface area contributed by atoms with E-state index in [-0.39, 0.29) is 17.9 Å². The summed E-state index contributed by atoms with van der Waals surface area (Å²) in [5, 5.41) is 13.5. The van der Waals surface area contributed by atoms with Gasteiger partial charge < -0.3 is 10.1 Å². The quantitative estimate of drug-likeness (QED) is 0.302. The number of carbonyl (C=O) groups is 1. The number of carbonyl (C=O) groups excluding carboxylic acids is 1. The number of hydrogen-bond acceptors (Lipinski definition) is 3. The van der Waals surface area contributed by atoms with Crippen molar-refractivity contribution in [3.8, 4) is 11.8 Å². The molecule has 0 spiro atoms. The predicted molar refractivity (Wildman–Crippen MR) is 113 cm³/mol. The average molecular weight is 422 g/mol. The molecule has 4 nitrogen and oxygen atoms in total. The van der Waals surface area contributed by atoms with Crippen LogP contribution in [-0.2, 0) is 11.0 Å². The Bertz CT molecular complexity index is 1210. The molecule has 1 amide bonds. The number of nitrogens with one attached hydrogen (secondary N) is 1. The zero-order valence-electron chi connectivity index (χ0n) is 16.2. The maximum absolute atomic E-state index is 12.9. The molecule has 3 aromatic carbocycles. The van der Waals surface area contributed by atoms with Crippen molar-refractivity contribution in [1.29, 1.82) is 5.26 Å². The van der Waals surface area contributed by atoms with Gasteiger partial charge in [0.1, 0.15) is 24.0 Å². The van der Waals surface area contributed by atoms with Gasteiger partial charge in [0.2, 0.25) is 0 Å². The summed E-state index contributed by atoms with van der Waals surface area (Å²) in [4.78, 5) is 12.6. The third-order valence-electron chi connectivity index (χ3n) is 4.39. The molecular formula is C24H17F3N2O2. The van der Waals surface area contributed by atoms with Crippen LogP contribution in [0.1, 0.15) is 11.1 Å². The van der Waals surface area contributed by atoms with Gasteiger partial charge in [-0.05, 0) is 41.1 Å². The highest BCUT2D eigenvalue weighted by Crippen LogP contribution is 2.32. The second-order valence-corrected chi connectivity index (χ2v) is 6.50. The molecule has 0 aliphatic rings. The van der Waals surface area contributed by atoms with Crippen LogP contribution in [0.25, 0.3) is 16.8 Å². The van der Waals surface area contributed by atoms with Crippen LogP contribution in [0.3, 0.4) is 0 Å². The lowest BCUT2D eigenvalue weighted by molar-refractivity contribution is -0.137. The van der Waals surface area contributed by atoms with Crippen molar-refractivity contribution in [2.24, 2.45) is 0 Å². The van der Waals surface area contributed by atoms with Crippen LogP contribution in [0.2, 0.25) is 0 Å². The molecule has 156 valence electrons. The Morgan fingerprint density at radius 3 is 2.61 bits per heavy atom. The molecule has 3 rings (SSSR count). The Hall–Kier alpha value is -4.05. The fraction of sp³-hybridized carbons (Fsp3) is 0.0833. The van der Waals surface area contributed by atoms with E-state index in [1.807, 2.05) is 36.4 Å². The molecule has 0 saturated heterocycles. The summed E-state index contributed by atoms with van der Waals surface area (Å²) in [5.74, 6) is -0.386. The Morgan fingerprint density at radius 1 is 1.13 bits per heavy atom. The maximum Gasteiger partial charge on any atom is 0.416 e. The summed E-state index contributed by atoms with van der Waals surface area (Å²) in [6, 6.07) is 16.9. The van der Waals surface area contributed by atoms with Crippen molar-refractivity contribution >= 4 is 28.4 Å². The van der Waals surface area contributed by atoms with Crippen LogP contribution in [-0.4, -0.2) is 12.5 Å². The molecule has 31 heavy (non-hydrogen) atoms. The zero-order chi connectivity index (χ0) is 22.4. The molecule has 0 aromatic heterocycles. The number of benzene rings is 3. The van der Waals surface area contributed by atoms with E-state index in [1.54, 1.807) is 12.1 Å². The topological polar surface area (TPSA) is 62.1 Å². The monoisotopic (exact) mass is 422 g/mol. The van der Waals surface area contributed by atoms with E-state index < -0.39 is 17.6 Å². The van der Waals surface area contributed by atoms with Crippen LogP contribution in [0.15, 0.2) is 78.9 Å². The highest BCUT2D eigenvalue weighted by atomic mass is 19.4. The van der Waals surface area contributed by atoms with Gasteiger partial charge in [-0.2, -0.15) is 18.4 Å². The maximum atomic E-state index is 12.9. The molecule has 0 heterocycles. The molecule has 0 bridgehead atoms. The van der Waals surface area contributed by atoms with Crippen molar-refractivity contribution in [2.45, 2.75) is 6.18 Å². The van der Waals surface area contributed by atoms with Crippen molar-refractivity contribution in [2.75, 3.05) is 11.9 Å². The SMILES string of the molecule is C=CCOc1ccc2ccccc2c1/C=C(\C#N)C(=O)Nc1cccc(C(F)(F)F)c1. The minimum Gasteiger partial charge on any atom is -0.489 e. The molecular weight excluding hydrogens is 405 g/mol. The van der Waals surface area contributed by atoms with Gasteiger partial charge in [-0.15, -0.1) is 0 Å². The first-order chi connectivity index (χ1) is 14.8.